The number of rotatable bonds is 2. The van der Waals surface area contributed by atoms with Gasteiger partial charge in [-0.1, -0.05) is 29.3 Å². The third-order valence-corrected chi connectivity index (χ3v) is 1.32. The van der Waals surface area contributed by atoms with Crippen molar-refractivity contribution >= 4 is 28.9 Å². The van der Waals surface area contributed by atoms with Gasteiger partial charge >= 0.3 is 0 Å². The molecule has 1 nitrogen and oxygen atoms in total. The van der Waals surface area contributed by atoms with Gasteiger partial charge < -0.3 is 5.32 Å². The van der Waals surface area contributed by atoms with Crippen molar-refractivity contribution in [2.45, 2.75) is 4.96 Å². The summed E-state index contributed by atoms with van der Waals surface area (Å²) in [4.78, 5) is -0.711. The Morgan fingerprint density at radius 2 is 2.09 bits per heavy atom. The van der Waals surface area contributed by atoms with E-state index >= 15 is 0 Å². The number of alkyl halides is 2. The molecule has 0 aliphatic rings. The Bertz CT molecular complexity index is 240. The molecule has 0 bridgehead atoms. The molecule has 0 saturated carbocycles. The van der Waals surface area contributed by atoms with Crippen LogP contribution in [0.25, 0.3) is 0 Å². The van der Waals surface area contributed by atoms with E-state index in [2.05, 4.69) is 5.32 Å². The minimum Gasteiger partial charge on any atom is -0.357 e. The molecule has 1 N–H and O–H groups in total. The van der Waals surface area contributed by atoms with E-state index in [0.29, 0.717) is 5.69 Å². The Kier molecular flexibility index (Phi) is 2.97. The van der Waals surface area contributed by atoms with E-state index in [1.165, 1.54) is 12.1 Å². The lowest BCUT2D eigenvalue weighted by molar-refractivity contribution is 0.628. The zero-order chi connectivity index (χ0) is 8.27. The smallest absolute Gasteiger partial charge is 0.177 e. The third-order valence-electron chi connectivity index (χ3n) is 1.10. The number of nitrogens with one attached hydrogen (secondary N) is 1. The van der Waals surface area contributed by atoms with Crippen LogP contribution in [0.15, 0.2) is 24.3 Å². The van der Waals surface area contributed by atoms with Crippen LogP contribution in [0.5, 0.6) is 0 Å². The lowest BCUT2D eigenvalue weighted by atomic mass is 10.3. The number of hydrogen-bond donors (Lipinski definition) is 1. The fourth-order valence-corrected chi connectivity index (χ4v) is 0.956. The first-order valence-electron chi connectivity index (χ1n) is 2.99. The van der Waals surface area contributed by atoms with Crippen LogP contribution in [0, 0.1) is 5.82 Å². The predicted octanol–water partition coefficient (Wildman–Crippen LogP) is 3.00. The van der Waals surface area contributed by atoms with Crippen LogP contribution in [0.2, 0.25) is 0 Å². The van der Waals surface area contributed by atoms with E-state index in [1.807, 2.05) is 0 Å². The van der Waals surface area contributed by atoms with Crippen molar-refractivity contribution in [2.24, 2.45) is 0 Å². The van der Waals surface area contributed by atoms with Crippen molar-refractivity contribution < 1.29 is 4.39 Å². The maximum Gasteiger partial charge on any atom is 0.177 e. The summed E-state index contributed by atoms with van der Waals surface area (Å²) in [5.41, 5.74) is 0.569. The summed E-state index contributed by atoms with van der Waals surface area (Å²) in [6, 6.07) is 5.93. The Balaban J connectivity index is 2.71. The molecule has 0 fully saturated rings. The van der Waals surface area contributed by atoms with Gasteiger partial charge in [-0.15, -0.1) is 0 Å². The highest BCUT2D eigenvalue weighted by Crippen LogP contribution is 2.13. The highest BCUT2D eigenvalue weighted by atomic mass is 35.5. The second-order valence-electron chi connectivity index (χ2n) is 1.96. The molecule has 0 aliphatic carbocycles. The molecule has 0 unspecified atom stereocenters. The van der Waals surface area contributed by atoms with E-state index in [9.17, 15) is 4.39 Å². The van der Waals surface area contributed by atoms with E-state index < -0.39 is 4.96 Å². The van der Waals surface area contributed by atoms with E-state index in [1.54, 1.807) is 12.1 Å². The molecule has 0 amide bonds. The monoisotopic (exact) mass is 193 g/mol. The summed E-state index contributed by atoms with van der Waals surface area (Å²) in [5, 5.41) is 2.64. The predicted molar refractivity (Wildman–Crippen MR) is 45.5 cm³/mol. The van der Waals surface area contributed by atoms with Crippen LogP contribution < -0.4 is 5.32 Å². The first kappa shape index (κ1) is 8.62. The van der Waals surface area contributed by atoms with Gasteiger partial charge in [-0.3, -0.25) is 0 Å². The van der Waals surface area contributed by atoms with E-state index in [4.69, 9.17) is 23.2 Å². The van der Waals surface area contributed by atoms with Crippen LogP contribution >= 0.6 is 23.2 Å². The Hall–Kier alpha value is -0.470. The van der Waals surface area contributed by atoms with Crippen molar-refractivity contribution in [1.82, 2.24) is 0 Å². The Morgan fingerprint density at radius 3 is 2.64 bits per heavy atom. The largest absolute Gasteiger partial charge is 0.357 e. The van der Waals surface area contributed by atoms with Gasteiger partial charge in [0.15, 0.2) is 4.96 Å². The summed E-state index contributed by atoms with van der Waals surface area (Å²) >= 11 is 10.8. The van der Waals surface area contributed by atoms with Crippen molar-refractivity contribution in [2.75, 3.05) is 5.32 Å². The molecular weight excluding hydrogens is 188 g/mol. The average molecular weight is 194 g/mol. The van der Waals surface area contributed by atoms with Crippen LogP contribution in [-0.4, -0.2) is 4.96 Å². The summed E-state index contributed by atoms with van der Waals surface area (Å²) in [6.45, 7) is 0. The van der Waals surface area contributed by atoms with Gasteiger partial charge in [0, 0.05) is 5.69 Å². The van der Waals surface area contributed by atoms with E-state index in [-0.39, 0.29) is 5.82 Å². The minimum absolute atomic E-state index is 0.316. The van der Waals surface area contributed by atoms with Crippen LogP contribution in [-0.2, 0) is 0 Å². The highest BCUT2D eigenvalue weighted by molar-refractivity contribution is 6.45. The highest BCUT2D eigenvalue weighted by Gasteiger charge is 1.98. The molecule has 1 aromatic rings. The van der Waals surface area contributed by atoms with Gasteiger partial charge in [0.25, 0.3) is 0 Å². The molecule has 4 heteroatoms. The van der Waals surface area contributed by atoms with Crippen LogP contribution in [0.1, 0.15) is 0 Å². The second-order valence-corrected chi connectivity index (χ2v) is 3.05. The summed E-state index contributed by atoms with van der Waals surface area (Å²) < 4.78 is 12.5. The maximum absolute atomic E-state index is 12.5. The van der Waals surface area contributed by atoms with Gasteiger partial charge in [0.2, 0.25) is 0 Å². The van der Waals surface area contributed by atoms with Crippen LogP contribution in [0.4, 0.5) is 10.1 Å². The molecule has 0 saturated heterocycles. The topological polar surface area (TPSA) is 12.0 Å². The SMILES string of the molecule is Fc1cccc(NC(Cl)Cl)c1. The molecule has 0 heterocycles. The summed E-state index contributed by atoms with van der Waals surface area (Å²) in [7, 11) is 0. The number of hydrogen-bond acceptors (Lipinski definition) is 1. The van der Waals surface area contributed by atoms with Crippen molar-refractivity contribution in [1.29, 1.82) is 0 Å². The van der Waals surface area contributed by atoms with Gasteiger partial charge in [-0.05, 0) is 18.2 Å². The number of anilines is 1. The van der Waals surface area contributed by atoms with Gasteiger partial charge in [-0.25, -0.2) is 4.39 Å². The maximum atomic E-state index is 12.5. The zero-order valence-corrected chi connectivity index (χ0v) is 7.03. The lowest BCUT2D eigenvalue weighted by Crippen LogP contribution is -2.03. The molecule has 1 rings (SSSR count). The van der Waals surface area contributed by atoms with Crippen molar-refractivity contribution in [3.8, 4) is 0 Å². The quantitative estimate of drug-likeness (QED) is 0.563. The fourth-order valence-electron chi connectivity index (χ4n) is 0.704. The van der Waals surface area contributed by atoms with Gasteiger partial charge in [0.05, 0.1) is 0 Å². The molecule has 0 spiro atoms. The van der Waals surface area contributed by atoms with Crippen molar-refractivity contribution in [3.05, 3.63) is 30.1 Å². The normalized spacial score (nSPS) is 10.2. The lowest BCUT2D eigenvalue weighted by Gasteiger charge is -2.05. The third kappa shape index (κ3) is 2.95. The first-order valence-corrected chi connectivity index (χ1v) is 3.86. The molecule has 60 valence electrons. The Morgan fingerprint density at radius 1 is 1.36 bits per heavy atom. The van der Waals surface area contributed by atoms with Gasteiger partial charge in [-0.2, -0.15) is 0 Å². The first-order chi connectivity index (χ1) is 5.18. The number of benzene rings is 1. The minimum atomic E-state index is -0.711. The Labute approximate surface area is 74.1 Å². The summed E-state index contributed by atoms with van der Waals surface area (Å²) in [5.74, 6) is -0.316. The number of halogens is 3. The molecule has 0 radical (unpaired) electrons. The molecule has 0 aliphatic heterocycles. The van der Waals surface area contributed by atoms with E-state index in [0.717, 1.165) is 0 Å². The zero-order valence-electron chi connectivity index (χ0n) is 5.52. The van der Waals surface area contributed by atoms with Crippen molar-refractivity contribution in [3.63, 3.8) is 0 Å². The van der Waals surface area contributed by atoms with Gasteiger partial charge in [0.1, 0.15) is 5.82 Å². The molecular formula is C7H6Cl2FN. The average Bonchev–Trinajstić information content (AvgIpc) is 1.85. The molecule has 0 aromatic heterocycles. The van der Waals surface area contributed by atoms with Crippen LogP contribution in [0.3, 0.4) is 0 Å². The summed E-state index contributed by atoms with van der Waals surface area (Å²) in [6.07, 6.45) is 0. The molecule has 1 aromatic carbocycles. The molecule has 0 atom stereocenters. The standard InChI is InChI=1S/C7H6Cl2FN/c8-7(9)11-6-3-1-2-5(10)4-6/h1-4,7,11H. The fraction of sp³-hybridized carbons (Fsp3) is 0.143. The molecule has 11 heavy (non-hydrogen) atoms. The second kappa shape index (κ2) is 3.79.